The van der Waals surface area contributed by atoms with Crippen LogP contribution in [0.15, 0.2) is 9.98 Å². The van der Waals surface area contributed by atoms with Gasteiger partial charge in [0.2, 0.25) is 0 Å². The molecule has 0 aromatic rings. The van der Waals surface area contributed by atoms with E-state index < -0.39 is 0 Å². The summed E-state index contributed by atoms with van der Waals surface area (Å²) < 4.78 is 0. The summed E-state index contributed by atoms with van der Waals surface area (Å²) in [5, 5.41) is 2.01. The average molecular weight is 198 g/mol. The molecule has 4 heteroatoms. The third-order valence-electron chi connectivity index (χ3n) is 2.17. The first-order valence-corrected chi connectivity index (χ1v) is 4.99. The highest BCUT2D eigenvalue weighted by Crippen LogP contribution is 1.94. The molecule has 0 heterocycles. The number of amidine groups is 1. The van der Waals surface area contributed by atoms with Crippen molar-refractivity contribution in [3.05, 3.63) is 0 Å². The number of hydrogen-bond donors (Lipinski definition) is 1. The van der Waals surface area contributed by atoms with E-state index >= 15 is 0 Å². The second-order valence-electron chi connectivity index (χ2n) is 3.26. The molecule has 0 saturated heterocycles. The minimum atomic E-state index is 0.921. The van der Waals surface area contributed by atoms with Gasteiger partial charge >= 0.3 is 0 Å². The molecule has 0 saturated carbocycles. The molecular formula is C10H22N4. The first-order valence-electron chi connectivity index (χ1n) is 4.99. The molecule has 0 aliphatic carbocycles. The van der Waals surface area contributed by atoms with E-state index in [1.807, 2.05) is 33.1 Å². The zero-order chi connectivity index (χ0) is 11.0. The van der Waals surface area contributed by atoms with Crippen molar-refractivity contribution >= 4 is 11.5 Å². The summed E-state index contributed by atoms with van der Waals surface area (Å²) in [6.07, 6.45) is 1.89. The molecule has 0 rings (SSSR count). The molecule has 14 heavy (non-hydrogen) atoms. The highest BCUT2D eigenvalue weighted by Gasteiger charge is 2.01. The van der Waals surface area contributed by atoms with E-state index in [1.54, 1.807) is 0 Å². The fraction of sp³-hybridized carbons (Fsp3) is 0.800. The lowest BCUT2D eigenvalue weighted by molar-refractivity contribution is 0.306. The Bertz CT molecular complexity index is 208. The van der Waals surface area contributed by atoms with Gasteiger partial charge in [0.1, 0.15) is 5.84 Å². The van der Waals surface area contributed by atoms with E-state index in [-0.39, 0.29) is 0 Å². The highest BCUT2D eigenvalue weighted by molar-refractivity contribution is 5.89. The van der Waals surface area contributed by atoms with Crippen LogP contribution < -0.4 is 5.43 Å². The van der Waals surface area contributed by atoms with Gasteiger partial charge in [0.05, 0.1) is 0 Å². The number of hydrazine groups is 1. The Morgan fingerprint density at radius 3 is 2.29 bits per heavy atom. The predicted octanol–water partition coefficient (Wildman–Crippen LogP) is 1.34. The first-order chi connectivity index (χ1) is 6.63. The Balaban J connectivity index is 3.93. The molecule has 0 unspecified atom stereocenters. The molecule has 0 aromatic carbocycles. The molecule has 0 aliphatic heterocycles. The standard InChI is InChI=1S/C10H22N4/c1-6-14(5)13-10(12-4)8-7-9(2)11-3/h6-8H2,1-5H3,(H,12,13). The third-order valence-corrected chi connectivity index (χ3v) is 2.17. The van der Waals surface area contributed by atoms with Crippen LogP contribution in [0.5, 0.6) is 0 Å². The van der Waals surface area contributed by atoms with E-state index in [2.05, 4.69) is 22.3 Å². The van der Waals surface area contributed by atoms with E-state index in [0.717, 1.165) is 30.9 Å². The Morgan fingerprint density at radius 1 is 1.21 bits per heavy atom. The van der Waals surface area contributed by atoms with Crippen LogP contribution in [0.2, 0.25) is 0 Å². The number of nitrogens with zero attached hydrogens (tertiary/aromatic N) is 3. The predicted molar refractivity (Wildman–Crippen MR) is 63.1 cm³/mol. The Labute approximate surface area is 87.1 Å². The van der Waals surface area contributed by atoms with Crippen molar-refractivity contribution in [2.45, 2.75) is 26.7 Å². The van der Waals surface area contributed by atoms with Crippen LogP contribution in [0, 0.1) is 0 Å². The summed E-state index contributed by atoms with van der Waals surface area (Å²) >= 11 is 0. The smallest absolute Gasteiger partial charge is 0.111 e. The molecule has 0 aromatic heterocycles. The SMILES string of the molecule is CCN(C)NC(CCC(C)=NC)=NC. The molecule has 1 N–H and O–H groups in total. The van der Waals surface area contributed by atoms with Crippen molar-refractivity contribution in [3.63, 3.8) is 0 Å². The van der Waals surface area contributed by atoms with Gasteiger partial charge in [-0.3, -0.25) is 9.98 Å². The first kappa shape index (κ1) is 13.1. The molecule has 0 amide bonds. The van der Waals surface area contributed by atoms with Crippen LogP contribution in [0.25, 0.3) is 0 Å². The van der Waals surface area contributed by atoms with E-state index in [1.165, 1.54) is 0 Å². The monoisotopic (exact) mass is 198 g/mol. The maximum absolute atomic E-state index is 4.19. The van der Waals surface area contributed by atoms with Crippen molar-refractivity contribution in [1.29, 1.82) is 0 Å². The van der Waals surface area contributed by atoms with Gasteiger partial charge in [-0.2, -0.15) is 0 Å². The van der Waals surface area contributed by atoms with Crippen LogP contribution in [-0.2, 0) is 0 Å². The normalized spacial score (nSPS) is 13.6. The average Bonchev–Trinajstić information content (AvgIpc) is 2.22. The third kappa shape index (κ3) is 5.70. The zero-order valence-corrected chi connectivity index (χ0v) is 9.96. The minimum absolute atomic E-state index is 0.921. The summed E-state index contributed by atoms with van der Waals surface area (Å²) in [7, 11) is 5.64. The lowest BCUT2D eigenvalue weighted by Gasteiger charge is -2.18. The molecule has 0 spiro atoms. The van der Waals surface area contributed by atoms with Gasteiger partial charge in [-0.1, -0.05) is 6.92 Å². The number of rotatable bonds is 5. The summed E-state index contributed by atoms with van der Waals surface area (Å²) in [6.45, 7) is 5.09. The van der Waals surface area contributed by atoms with Crippen LogP contribution in [0.1, 0.15) is 26.7 Å². The Hall–Kier alpha value is -0.900. The largest absolute Gasteiger partial charge is 0.307 e. The van der Waals surface area contributed by atoms with Crippen molar-refractivity contribution < 1.29 is 0 Å². The van der Waals surface area contributed by atoms with Gasteiger partial charge in [0, 0.05) is 39.8 Å². The van der Waals surface area contributed by atoms with Gasteiger partial charge in [0.15, 0.2) is 0 Å². The zero-order valence-electron chi connectivity index (χ0n) is 9.96. The van der Waals surface area contributed by atoms with E-state index in [0.29, 0.717) is 0 Å². The van der Waals surface area contributed by atoms with Gasteiger partial charge in [-0.25, -0.2) is 5.01 Å². The van der Waals surface area contributed by atoms with Gasteiger partial charge in [0.25, 0.3) is 0 Å². The van der Waals surface area contributed by atoms with Crippen LogP contribution >= 0.6 is 0 Å². The van der Waals surface area contributed by atoms with Crippen molar-refractivity contribution in [2.75, 3.05) is 27.7 Å². The Morgan fingerprint density at radius 2 is 1.86 bits per heavy atom. The van der Waals surface area contributed by atoms with E-state index in [9.17, 15) is 0 Å². The van der Waals surface area contributed by atoms with Crippen LogP contribution in [0.4, 0.5) is 0 Å². The topological polar surface area (TPSA) is 40.0 Å². The van der Waals surface area contributed by atoms with Crippen LogP contribution in [0.3, 0.4) is 0 Å². The number of hydrogen-bond acceptors (Lipinski definition) is 3. The summed E-state index contributed by atoms with van der Waals surface area (Å²) in [6, 6.07) is 0. The quantitative estimate of drug-likeness (QED) is 0.411. The molecule has 0 aliphatic rings. The second kappa shape index (κ2) is 7.50. The van der Waals surface area contributed by atoms with Gasteiger partial charge in [-0.05, 0) is 13.3 Å². The lowest BCUT2D eigenvalue weighted by atomic mass is 10.2. The molecule has 0 fully saturated rings. The van der Waals surface area contributed by atoms with Gasteiger partial charge < -0.3 is 5.43 Å². The molecule has 82 valence electrons. The molecular weight excluding hydrogens is 176 g/mol. The number of nitrogens with one attached hydrogen (secondary N) is 1. The molecule has 0 bridgehead atoms. The lowest BCUT2D eigenvalue weighted by Crippen LogP contribution is -2.39. The number of aliphatic imine (C=N–C) groups is 2. The van der Waals surface area contributed by atoms with Crippen molar-refractivity contribution in [1.82, 2.24) is 10.4 Å². The maximum atomic E-state index is 4.19. The van der Waals surface area contributed by atoms with E-state index in [4.69, 9.17) is 0 Å². The minimum Gasteiger partial charge on any atom is -0.307 e. The fourth-order valence-electron chi connectivity index (χ4n) is 0.928. The van der Waals surface area contributed by atoms with Crippen LogP contribution in [-0.4, -0.2) is 44.2 Å². The highest BCUT2D eigenvalue weighted by atomic mass is 15.5. The van der Waals surface area contributed by atoms with Gasteiger partial charge in [-0.15, -0.1) is 0 Å². The fourth-order valence-corrected chi connectivity index (χ4v) is 0.928. The molecule has 0 radical (unpaired) electrons. The van der Waals surface area contributed by atoms with Crippen molar-refractivity contribution in [3.8, 4) is 0 Å². The second-order valence-corrected chi connectivity index (χ2v) is 3.26. The molecule has 0 atom stereocenters. The summed E-state index contributed by atoms with van der Waals surface area (Å²) in [4.78, 5) is 8.31. The Kier molecular flexibility index (Phi) is 7.02. The summed E-state index contributed by atoms with van der Waals surface area (Å²) in [5.74, 6) is 1.01. The van der Waals surface area contributed by atoms with Crippen molar-refractivity contribution in [2.24, 2.45) is 9.98 Å². The molecule has 4 nitrogen and oxygen atoms in total. The maximum Gasteiger partial charge on any atom is 0.111 e. The summed E-state index contributed by atoms with van der Waals surface area (Å²) in [5.41, 5.74) is 4.38.